The van der Waals surface area contributed by atoms with Crippen molar-refractivity contribution >= 4 is 11.9 Å². The maximum atomic E-state index is 4.62. The molecule has 0 aromatic rings. The second kappa shape index (κ2) is 4.54. The first kappa shape index (κ1) is 10.4. The molecule has 0 bridgehead atoms. The van der Waals surface area contributed by atoms with E-state index in [1.807, 2.05) is 6.21 Å². The molecule has 2 nitrogen and oxygen atoms in total. The predicted octanol–water partition coefficient (Wildman–Crippen LogP) is 2.73. The van der Waals surface area contributed by atoms with E-state index in [2.05, 4.69) is 37.7 Å². The summed E-state index contributed by atoms with van der Waals surface area (Å²) in [4.78, 5) is 9.04. The van der Waals surface area contributed by atoms with Gasteiger partial charge in [0.05, 0.1) is 17.8 Å². The lowest BCUT2D eigenvalue weighted by molar-refractivity contribution is 0.570. The van der Waals surface area contributed by atoms with Gasteiger partial charge >= 0.3 is 0 Å². The van der Waals surface area contributed by atoms with Gasteiger partial charge in [0.1, 0.15) is 0 Å². The lowest BCUT2D eigenvalue weighted by Gasteiger charge is -2.19. The molecule has 1 aliphatic rings. The second-order valence-corrected chi connectivity index (χ2v) is 4.10. The second-order valence-electron chi connectivity index (χ2n) is 4.10. The summed E-state index contributed by atoms with van der Waals surface area (Å²) in [5, 5.41) is 0. The zero-order valence-corrected chi connectivity index (χ0v) is 9.12. The Morgan fingerprint density at radius 3 is 2.62 bits per heavy atom. The summed E-state index contributed by atoms with van der Waals surface area (Å²) in [5.41, 5.74) is 1.18. The molecule has 0 aromatic heterocycles. The molecule has 13 heavy (non-hydrogen) atoms. The van der Waals surface area contributed by atoms with E-state index in [9.17, 15) is 0 Å². The van der Waals surface area contributed by atoms with Gasteiger partial charge < -0.3 is 0 Å². The third-order valence-electron chi connectivity index (χ3n) is 2.78. The zero-order chi connectivity index (χ0) is 9.84. The van der Waals surface area contributed by atoms with Gasteiger partial charge in [-0.25, -0.2) is 0 Å². The van der Waals surface area contributed by atoms with Crippen LogP contribution in [0, 0.1) is 5.92 Å². The van der Waals surface area contributed by atoms with Crippen LogP contribution in [-0.4, -0.2) is 24.0 Å². The first-order valence-electron chi connectivity index (χ1n) is 5.23. The van der Waals surface area contributed by atoms with E-state index in [1.165, 1.54) is 12.1 Å². The van der Waals surface area contributed by atoms with Gasteiger partial charge in [-0.2, -0.15) is 0 Å². The zero-order valence-electron chi connectivity index (χ0n) is 9.12. The fourth-order valence-electron chi connectivity index (χ4n) is 1.34. The van der Waals surface area contributed by atoms with Crippen LogP contribution in [0.25, 0.3) is 0 Å². The molecule has 3 atom stereocenters. The van der Waals surface area contributed by atoms with E-state index in [0.717, 1.165) is 12.3 Å². The summed E-state index contributed by atoms with van der Waals surface area (Å²) >= 11 is 0. The highest BCUT2D eigenvalue weighted by Gasteiger charge is 2.15. The summed E-state index contributed by atoms with van der Waals surface area (Å²) in [5.74, 6) is 0.728. The van der Waals surface area contributed by atoms with E-state index in [-0.39, 0.29) is 0 Å². The van der Waals surface area contributed by atoms with Crippen molar-refractivity contribution in [2.24, 2.45) is 15.9 Å². The van der Waals surface area contributed by atoms with Crippen molar-refractivity contribution in [3.8, 4) is 0 Å². The van der Waals surface area contributed by atoms with Crippen molar-refractivity contribution in [2.45, 2.75) is 52.6 Å². The van der Waals surface area contributed by atoms with Crippen molar-refractivity contribution in [1.29, 1.82) is 0 Å². The van der Waals surface area contributed by atoms with Crippen molar-refractivity contribution in [3.05, 3.63) is 0 Å². The van der Waals surface area contributed by atoms with Crippen LogP contribution in [0.2, 0.25) is 0 Å². The third-order valence-corrected chi connectivity index (χ3v) is 2.78. The molecule has 74 valence electrons. The van der Waals surface area contributed by atoms with Crippen molar-refractivity contribution in [1.82, 2.24) is 0 Å². The topological polar surface area (TPSA) is 24.7 Å². The van der Waals surface area contributed by atoms with E-state index >= 15 is 0 Å². The molecule has 0 saturated carbocycles. The van der Waals surface area contributed by atoms with Crippen LogP contribution in [0.5, 0.6) is 0 Å². The van der Waals surface area contributed by atoms with Crippen LogP contribution in [0.1, 0.15) is 40.5 Å². The van der Waals surface area contributed by atoms with Crippen LogP contribution in [-0.2, 0) is 0 Å². The van der Waals surface area contributed by atoms with E-state index in [1.54, 1.807) is 0 Å². The third kappa shape index (κ3) is 2.94. The first-order chi connectivity index (χ1) is 6.13. The van der Waals surface area contributed by atoms with Gasteiger partial charge in [0.25, 0.3) is 0 Å². The molecular formula is C11H20N2. The van der Waals surface area contributed by atoms with Crippen LogP contribution in [0.15, 0.2) is 9.98 Å². The number of nitrogens with zero attached hydrogens (tertiary/aromatic N) is 2. The Morgan fingerprint density at radius 2 is 2.08 bits per heavy atom. The largest absolute Gasteiger partial charge is 0.286 e. The SMILES string of the molecule is CC[C@@H](C)CC1=N[C@@H](C)[C@@H](C)N=C1. The number of rotatable bonds is 3. The van der Waals surface area contributed by atoms with Crippen LogP contribution >= 0.6 is 0 Å². The van der Waals surface area contributed by atoms with E-state index < -0.39 is 0 Å². The Morgan fingerprint density at radius 1 is 1.38 bits per heavy atom. The summed E-state index contributed by atoms with van der Waals surface area (Å²) < 4.78 is 0. The Kier molecular flexibility index (Phi) is 3.64. The minimum absolute atomic E-state index is 0.362. The molecule has 0 fully saturated rings. The number of aliphatic imine (C=N–C) groups is 2. The van der Waals surface area contributed by atoms with Gasteiger partial charge in [-0.3, -0.25) is 9.98 Å². The van der Waals surface area contributed by atoms with Gasteiger partial charge in [0.15, 0.2) is 0 Å². The smallest absolute Gasteiger partial charge is 0.0696 e. The van der Waals surface area contributed by atoms with Crippen LogP contribution < -0.4 is 0 Å². The molecule has 0 saturated heterocycles. The first-order valence-corrected chi connectivity index (χ1v) is 5.23. The lowest BCUT2D eigenvalue weighted by Crippen LogP contribution is -2.24. The average Bonchev–Trinajstić information content (AvgIpc) is 2.11. The van der Waals surface area contributed by atoms with Crippen molar-refractivity contribution in [3.63, 3.8) is 0 Å². The van der Waals surface area contributed by atoms with Crippen molar-refractivity contribution in [2.75, 3.05) is 0 Å². The summed E-state index contributed by atoms with van der Waals surface area (Å²) in [6.45, 7) is 8.73. The number of hydrogen-bond acceptors (Lipinski definition) is 2. The van der Waals surface area contributed by atoms with E-state index in [0.29, 0.717) is 12.1 Å². The maximum absolute atomic E-state index is 4.62. The highest BCUT2D eigenvalue weighted by atomic mass is 14.9. The van der Waals surface area contributed by atoms with Gasteiger partial charge in [0.2, 0.25) is 0 Å². The standard InChI is InChI=1S/C11H20N2/c1-5-8(2)6-11-7-12-9(3)10(4)13-11/h7-10H,5-6H2,1-4H3/t8-,9-,10+/m1/s1. The molecule has 1 rings (SSSR count). The summed E-state index contributed by atoms with van der Waals surface area (Å²) in [6.07, 6.45) is 4.25. The van der Waals surface area contributed by atoms with Gasteiger partial charge in [-0.1, -0.05) is 20.3 Å². The molecule has 0 spiro atoms. The molecule has 2 heteroatoms. The highest BCUT2D eigenvalue weighted by molar-refractivity contribution is 6.31. The van der Waals surface area contributed by atoms with Gasteiger partial charge in [-0.05, 0) is 26.2 Å². The fraction of sp³-hybridized carbons (Fsp3) is 0.818. The molecule has 0 unspecified atom stereocenters. The predicted molar refractivity (Wildman–Crippen MR) is 58.9 cm³/mol. The summed E-state index contributed by atoms with van der Waals surface area (Å²) in [7, 11) is 0. The fourth-order valence-corrected chi connectivity index (χ4v) is 1.34. The average molecular weight is 180 g/mol. The molecule has 1 heterocycles. The highest BCUT2D eigenvalue weighted by Crippen LogP contribution is 2.12. The van der Waals surface area contributed by atoms with E-state index in [4.69, 9.17) is 0 Å². The Balaban J connectivity index is 2.53. The molecule has 0 aromatic carbocycles. The van der Waals surface area contributed by atoms with Crippen molar-refractivity contribution < 1.29 is 0 Å². The van der Waals surface area contributed by atoms with Gasteiger partial charge in [-0.15, -0.1) is 0 Å². The maximum Gasteiger partial charge on any atom is 0.0696 e. The minimum Gasteiger partial charge on any atom is -0.286 e. The quantitative estimate of drug-likeness (QED) is 0.638. The van der Waals surface area contributed by atoms with Gasteiger partial charge in [0, 0.05) is 6.21 Å². The normalized spacial score (nSPS) is 30.0. The molecule has 0 radical (unpaired) electrons. The lowest BCUT2D eigenvalue weighted by atomic mass is 10.0. The van der Waals surface area contributed by atoms with Crippen LogP contribution in [0.3, 0.4) is 0 Å². The number of hydrogen-bond donors (Lipinski definition) is 0. The monoisotopic (exact) mass is 180 g/mol. The molecule has 1 aliphatic heterocycles. The molecule has 0 N–H and O–H groups in total. The molecular weight excluding hydrogens is 160 g/mol. The Hall–Kier alpha value is -0.660. The minimum atomic E-state index is 0.362. The Bertz CT molecular complexity index is 218. The molecule has 0 aliphatic carbocycles. The van der Waals surface area contributed by atoms with Crippen LogP contribution in [0.4, 0.5) is 0 Å². The molecule has 0 amide bonds. The summed E-state index contributed by atoms with van der Waals surface area (Å²) in [6, 6.07) is 0.727. The Labute approximate surface area is 81.2 Å².